The maximum atomic E-state index is 11.1. The molecule has 1 aliphatic heterocycles. The van der Waals surface area contributed by atoms with Gasteiger partial charge < -0.3 is 15.4 Å². The fraction of sp³-hybridized carbons (Fsp3) is 0.333. The van der Waals surface area contributed by atoms with Crippen LogP contribution in [0.2, 0.25) is 0 Å². The average Bonchev–Trinajstić information content (AvgIpc) is 3.22. The van der Waals surface area contributed by atoms with Crippen LogP contribution < -0.4 is 10.6 Å². The van der Waals surface area contributed by atoms with Gasteiger partial charge in [-0.1, -0.05) is 25.1 Å². The Kier molecular flexibility index (Phi) is 5.53. The van der Waals surface area contributed by atoms with Crippen LogP contribution in [-0.2, 0) is 22.5 Å². The van der Waals surface area contributed by atoms with Gasteiger partial charge in [-0.05, 0) is 24.6 Å². The second-order valence-electron chi connectivity index (χ2n) is 6.94. The number of hydrogen-bond acceptors (Lipinski definition) is 6. The van der Waals surface area contributed by atoms with Gasteiger partial charge in [-0.2, -0.15) is 5.10 Å². The maximum absolute atomic E-state index is 11.1. The first kappa shape index (κ1) is 19.1. The van der Waals surface area contributed by atoms with E-state index in [1.54, 1.807) is 10.9 Å². The summed E-state index contributed by atoms with van der Waals surface area (Å²) in [4.78, 5) is 22.8. The van der Waals surface area contributed by atoms with Crippen molar-refractivity contribution < 1.29 is 9.53 Å². The molecule has 0 aliphatic carbocycles. The van der Waals surface area contributed by atoms with Crippen LogP contribution in [0.3, 0.4) is 0 Å². The van der Waals surface area contributed by atoms with Gasteiger partial charge in [-0.3, -0.25) is 9.48 Å². The summed E-state index contributed by atoms with van der Waals surface area (Å²) < 4.78 is 6.99. The van der Waals surface area contributed by atoms with Crippen LogP contribution in [0.15, 0.2) is 42.6 Å². The van der Waals surface area contributed by atoms with Crippen LogP contribution in [0, 0.1) is 0 Å². The SMILES string of the molecule is CCc1cc(-c2cccc(-c3ccn(CC(N)=O)n3)c2)nc(N2CCOCC2)n1. The molecule has 3 heterocycles. The van der Waals surface area contributed by atoms with Crippen LogP contribution in [0.25, 0.3) is 22.5 Å². The summed E-state index contributed by atoms with van der Waals surface area (Å²) in [5.74, 6) is 0.330. The quantitative estimate of drug-likeness (QED) is 0.688. The Morgan fingerprint density at radius 1 is 1.10 bits per heavy atom. The van der Waals surface area contributed by atoms with E-state index in [1.165, 1.54) is 0 Å². The van der Waals surface area contributed by atoms with Crippen molar-refractivity contribution in [2.75, 3.05) is 31.2 Å². The minimum Gasteiger partial charge on any atom is -0.378 e. The highest BCUT2D eigenvalue weighted by Crippen LogP contribution is 2.26. The van der Waals surface area contributed by atoms with Crippen molar-refractivity contribution in [3.63, 3.8) is 0 Å². The van der Waals surface area contributed by atoms with Gasteiger partial charge in [-0.25, -0.2) is 9.97 Å². The van der Waals surface area contributed by atoms with Gasteiger partial charge in [0.15, 0.2) is 0 Å². The number of nitrogens with zero attached hydrogens (tertiary/aromatic N) is 5. The second-order valence-corrected chi connectivity index (χ2v) is 6.94. The van der Waals surface area contributed by atoms with Gasteiger partial charge in [0.1, 0.15) is 6.54 Å². The zero-order valence-corrected chi connectivity index (χ0v) is 16.4. The first-order chi connectivity index (χ1) is 14.1. The number of rotatable bonds is 6. The Balaban J connectivity index is 1.67. The molecule has 150 valence electrons. The number of aromatic nitrogens is 4. The maximum Gasteiger partial charge on any atom is 0.239 e. The summed E-state index contributed by atoms with van der Waals surface area (Å²) in [6.07, 6.45) is 2.59. The van der Waals surface area contributed by atoms with Gasteiger partial charge in [-0.15, -0.1) is 0 Å². The molecule has 0 atom stereocenters. The molecule has 29 heavy (non-hydrogen) atoms. The highest BCUT2D eigenvalue weighted by Gasteiger charge is 2.16. The largest absolute Gasteiger partial charge is 0.378 e. The molecule has 0 bridgehead atoms. The minimum atomic E-state index is -0.419. The molecule has 0 saturated carbocycles. The second kappa shape index (κ2) is 8.40. The van der Waals surface area contributed by atoms with Crippen molar-refractivity contribution in [3.8, 4) is 22.5 Å². The topological polar surface area (TPSA) is 99.2 Å². The smallest absolute Gasteiger partial charge is 0.239 e. The average molecular weight is 392 g/mol. The third-order valence-electron chi connectivity index (χ3n) is 4.84. The molecule has 1 amide bonds. The van der Waals surface area contributed by atoms with Crippen molar-refractivity contribution in [1.29, 1.82) is 0 Å². The molecule has 2 aromatic heterocycles. The summed E-state index contributed by atoms with van der Waals surface area (Å²) in [7, 11) is 0. The summed E-state index contributed by atoms with van der Waals surface area (Å²) >= 11 is 0. The molecule has 1 fully saturated rings. The molecule has 0 unspecified atom stereocenters. The number of anilines is 1. The number of morpholine rings is 1. The molecule has 8 nitrogen and oxygen atoms in total. The Bertz CT molecular complexity index is 1010. The predicted octanol–water partition coefficient (Wildman–Crippen LogP) is 1.89. The standard InChI is InChI=1S/C21H24N6O2/c1-2-17-13-19(24-21(23-17)26-8-10-29-11-9-26)16-5-3-4-15(12-16)18-6-7-27(25-18)14-20(22)28/h3-7,12-13H,2,8-11,14H2,1H3,(H2,22,28). The van der Waals surface area contributed by atoms with Gasteiger partial charge in [0.25, 0.3) is 0 Å². The molecule has 4 rings (SSSR count). The molecule has 1 saturated heterocycles. The minimum absolute atomic E-state index is 0.0639. The third-order valence-corrected chi connectivity index (χ3v) is 4.84. The predicted molar refractivity (Wildman–Crippen MR) is 110 cm³/mol. The van der Waals surface area contributed by atoms with E-state index in [1.807, 2.05) is 30.3 Å². The Labute approximate surface area is 169 Å². The van der Waals surface area contributed by atoms with E-state index in [4.69, 9.17) is 20.4 Å². The van der Waals surface area contributed by atoms with Gasteiger partial charge >= 0.3 is 0 Å². The van der Waals surface area contributed by atoms with E-state index in [2.05, 4.69) is 23.0 Å². The molecule has 8 heteroatoms. The summed E-state index contributed by atoms with van der Waals surface area (Å²) in [5, 5.41) is 4.44. The lowest BCUT2D eigenvalue weighted by Crippen LogP contribution is -2.37. The number of nitrogens with two attached hydrogens (primary N) is 1. The normalized spacial score (nSPS) is 14.2. The van der Waals surface area contributed by atoms with Gasteiger partial charge in [0, 0.05) is 36.1 Å². The fourth-order valence-electron chi connectivity index (χ4n) is 3.32. The van der Waals surface area contributed by atoms with Gasteiger partial charge in [0.05, 0.1) is 24.6 Å². The molecule has 0 spiro atoms. The Hall–Kier alpha value is -3.26. The van der Waals surface area contributed by atoms with Crippen LogP contribution in [0.1, 0.15) is 12.6 Å². The fourth-order valence-corrected chi connectivity index (χ4v) is 3.32. The van der Waals surface area contributed by atoms with E-state index in [0.717, 1.165) is 53.7 Å². The highest BCUT2D eigenvalue weighted by atomic mass is 16.5. The summed E-state index contributed by atoms with van der Waals surface area (Å²) in [6, 6.07) is 12.0. The summed E-state index contributed by atoms with van der Waals surface area (Å²) in [6.45, 7) is 5.14. The lowest BCUT2D eigenvalue weighted by atomic mass is 10.1. The van der Waals surface area contributed by atoms with E-state index in [-0.39, 0.29) is 6.54 Å². The molecule has 1 aliphatic rings. The van der Waals surface area contributed by atoms with Gasteiger partial charge in [0.2, 0.25) is 11.9 Å². The number of primary amides is 1. The number of carbonyl (C=O) groups excluding carboxylic acids is 1. The van der Waals surface area contributed by atoms with Crippen molar-refractivity contribution in [2.24, 2.45) is 5.73 Å². The number of ether oxygens (including phenoxy) is 1. The molecule has 0 radical (unpaired) electrons. The Morgan fingerprint density at radius 2 is 1.86 bits per heavy atom. The zero-order valence-electron chi connectivity index (χ0n) is 16.4. The number of aryl methyl sites for hydroxylation is 1. The molecular formula is C21H24N6O2. The van der Waals surface area contributed by atoms with E-state index in [9.17, 15) is 4.79 Å². The number of benzene rings is 1. The summed E-state index contributed by atoms with van der Waals surface area (Å²) in [5.41, 5.74) is 9.88. The van der Waals surface area contributed by atoms with Crippen molar-refractivity contribution in [1.82, 2.24) is 19.7 Å². The van der Waals surface area contributed by atoms with Crippen molar-refractivity contribution >= 4 is 11.9 Å². The van der Waals surface area contributed by atoms with Crippen LogP contribution in [0.4, 0.5) is 5.95 Å². The van der Waals surface area contributed by atoms with Crippen LogP contribution in [0.5, 0.6) is 0 Å². The monoisotopic (exact) mass is 392 g/mol. The first-order valence-electron chi connectivity index (χ1n) is 9.75. The lowest BCUT2D eigenvalue weighted by molar-refractivity contribution is -0.118. The molecule has 2 N–H and O–H groups in total. The molecule has 1 aromatic carbocycles. The highest BCUT2D eigenvalue weighted by molar-refractivity contribution is 5.74. The number of amides is 1. The third kappa shape index (κ3) is 4.43. The lowest BCUT2D eigenvalue weighted by Gasteiger charge is -2.27. The molecular weight excluding hydrogens is 368 g/mol. The first-order valence-corrected chi connectivity index (χ1v) is 9.75. The number of hydrogen-bond donors (Lipinski definition) is 1. The van der Waals surface area contributed by atoms with E-state index in [0.29, 0.717) is 13.2 Å². The van der Waals surface area contributed by atoms with E-state index < -0.39 is 5.91 Å². The molecule has 3 aromatic rings. The zero-order chi connectivity index (χ0) is 20.2. The van der Waals surface area contributed by atoms with Crippen LogP contribution in [-0.4, -0.2) is 52.0 Å². The van der Waals surface area contributed by atoms with Crippen molar-refractivity contribution in [3.05, 3.63) is 48.3 Å². The van der Waals surface area contributed by atoms with Crippen LogP contribution >= 0.6 is 0 Å². The number of carbonyl (C=O) groups is 1. The Morgan fingerprint density at radius 3 is 2.59 bits per heavy atom. The van der Waals surface area contributed by atoms with E-state index >= 15 is 0 Å². The van der Waals surface area contributed by atoms with Crippen molar-refractivity contribution in [2.45, 2.75) is 19.9 Å².